The van der Waals surface area contributed by atoms with Gasteiger partial charge in [-0.25, -0.2) is 12.7 Å². The van der Waals surface area contributed by atoms with Crippen LogP contribution in [0.5, 0.6) is 17.2 Å². The average Bonchev–Trinajstić information content (AvgIpc) is 2.71. The van der Waals surface area contributed by atoms with Crippen LogP contribution in [-0.4, -0.2) is 60.2 Å². The zero-order valence-electron chi connectivity index (χ0n) is 16.9. The van der Waals surface area contributed by atoms with E-state index in [4.69, 9.17) is 18.9 Å². The summed E-state index contributed by atoms with van der Waals surface area (Å²) in [6, 6.07) is 11.2. The van der Waals surface area contributed by atoms with Gasteiger partial charge in [-0.3, -0.25) is 4.79 Å². The minimum absolute atomic E-state index is 0.0598. The second-order valence-electron chi connectivity index (χ2n) is 6.18. The molecule has 9 heteroatoms. The molecule has 0 fully saturated rings. The SMILES string of the molecule is COc1ccc(CC(=O)OCCOc2ccc(S(=O)(=O)N(C)C)cc2)c(OC)c1. The lowest BCUT2D eigenvalue weighted by atomic mass is 10.1. The zero-order chi connectivity index (χ0) is 21.4. The van der Waals surface area contributed by atoms with Gasteiger partial charge in [0.1, 0.15) is 30.5 Å². The van der Waals surface area contributed by atoms with Crippen LogP contribution in [0.1, 0.15) is 5.56 Å². The van der Waals surface area contributed by atoms with Crippen molar-refractivity contribution >= 4 is 16.0 Å². The minimum Gasteiger partial charge on any atom is -0.497 e. The number of methoxy groups -OCH3 is 2. The number of benzene rings is 2. The Hall–Kier alpha value is -2.78. The highest BCUT2D eigenvalue weighted by Gasteiger charge is 2.16. The van der Waals surface area contributed by atoms with Crippen molar-refractivity contribution in [1.29, 1.82) is 0 Å². The first kappa shape index (κ1) is 22.5. The maximum atomic E-state index is 12.0. The first-order chi connectivity index (χ1) is 13.8. The molecule has 2 aromatic rings. The third-order valence-electron chi connectivity index (χ3n) is 4.05. The molecule has 0 atom stereocenters. The molecule has 2 aromatic carbocycles. The Bertz CT molecular complexity index is 924. The summed E-state index contributed by atoms with van der Waals surface area (Å²) in [6.45, 7) is 0.209. The van der Waals surface area contributed by atoms with Crippen molar-refractivity contribution in [3.63, 3.8) is 0 Å². The smallest absolute Gasteiger partial charge is 0.310 e. The van der Waals surface area contributed by atoms with E-state index in [0.717, 1.165) is 4.31 Å². The predicted octanol–water partition coefficient (Wildman–Crippen LogP) is 2.12. The van der Waals surface area contributed by atoms with Crippen LogP contribution in [0.3, 0.4) is 0 Å². The van der Waals surface area contributed by atoms with Crippen LogP contribution < -0.4 is 14.2 Å². The molecule has 0 aliphatic rings. The van der Waals surface area contributed by atoms with Crippen molar-refractivity contribution in [3.8, 4) is 17.2 Å². The summed E-state index contributed by atoms with van der Waals surface area (Å²) in [5.74, 6) is 1.25. The van der Waals surface area contributed by atoms with Gasteiger partial charge in [0.05, 0.1) is 25.5 Å². The molecule has 29 heavy (non-hydrogen) atoms. The van der Waals surface area contributed by atoms with Gasteiger partial charge < -0.3 is 18.9 Å². The monoisotopic (exact) mass is 423 g/mol. The van der Waals surface area contributed by atoms with Gasteiger partial charge in [-0.2, -0.15) is 0 Å². The normalized spacial score (nSPS) is 11.2. The van der Waals surface area contributed by atoms with Crippen LogP contribution >= 0.6 is 0 Å². The van der Waals surface area contributed by atoms with Gasteiger partial charge in [0.2, 0.25) is 10.0 Å². The summed E-state index contributed by atoms with van der Waals surface area (Å²) in [4.78, 5) is 12.2. The van der Waals surface area contributed by atoms with E-state index in [-0.39, 0.29) is 24.5 Å². The van der Waals surface area contributed by atoms with E-state index >= 15 is 0 Å². The van der Waals surface area contributed by atoms with Crippen LogP contribution in [0.2, 0.25) is 0 Å². The molecule has 8 nitrogen and oxygen atoms in total. The van der Waals surface area contributed by atoms with E-state index in [0.29, 0.717) is 22.8 Å². The fraction of sp³-hybridized carbons (Fsp3) is 0.350. The van der Waals surface area contributed by atoms with E-state index in [1.807, 2.05) is 0 Å². The molecule has 0 radical (unpaired) electrons. The lowest BCUT2D eigenvalue weighted by Gasteiger charge is -2.12. The summed E-state index contributed by atoms with van der Waals surface area (Å²) in [5, 5.41) is 0. The molecule has 0 aromatic heterocycles. The number of carbonyl (C=O) groups excluding carboxylic acids is 1. The summed E-state index contributed by atoms with van der Waals surface area (Å²) in [7, 11) is 2.53. The van der Waals surface area contributed by atoms with Gasteiger partial charge >= 0.3 is 5.97 Å². The Morgan fingerprint density at radius 1 is 0.931 bits per heavy atom. The third kappa shape index (κ3) is 6.10. The minimum atomic E-state index is -3.48. The molecule has 0 aliphatic carbocycles. The lowest BCUT2D eigenvalue weighted by Crippen LogP contribution is -2.22. The molecule has 0 saturated heterocycles. The van der Waals surface area contributed by atoms with Crippen molar-refractivity contribution in [2.45, 2.75) is 11.3 Å². The molecule has 0 N–H and O–H groups in total. The number of rotatable bonds is 10. The van der Waals surface area contributed by atoms with Crippen molar-refractivity contribution in [2.75, 3.05) is 41.5 Å². The van der Waals surface area contributed by atoms with Crippen LogP contribution in [0, 0.1) is 0 Å². The number of hydrogen-bond acceptors (Lipinski definition) is 7. The highest BCUT2D eigenvalue weighted by molar-refractivity contribution is 7.89. The quantitative estimate of drug-likeness (QED) is 0.427. The summed E-state index contributed by atoms with van der Waals surface area (Å²) in [5.41, 5.74) is 0.692. The van der Waals surface area contributed by atoms with E-state index < -0.39 is 16.0 Å². The Labute approximate surface area is 171 Å². The maximum absolute atomic E-state index is 12.0. The molecular weight excluding hydrogens is 398 g/mol. The number of ether oxygens (including phenoxy) is 4. The van der Waals surface area contributed by atoms with Crippen molar-refractivity contribution in [1.82, 2.24) is 4.31 Å². The Morgan fingerprint density at radius 2 is 1.59 bits per heavy atom. The Balaban J connectivity index is 1.81. The summed E-state index contributed by atoms with van der Waals surface area (Å²) in [6.07, 6.45) is 0.0598. The molecule has 158 valence electrons. The van der Waals surface area contributed by atoms with Crippen LogP contribution in [0.4, 0.5) is 0 Å². The zero-order valence-corrected chi connectivity index (χ0v) is 17.7. The molecule has 0 spiro atoms. The number of carbonyl (C=O) groups is 1. The molecule has 2 rings (SSSR count). The van der Waals surface area contributed by atoms with Gasteiger partial charge in [0, 0.05) is 25.7 Å². The number of hydrogen-bond donors (Lipinski definition) is 0. The van der Waals surface area contributed by atoms with Gasteiger partial charge in [0.15, 0.2) is 0 Å². The van der Waals surface area contributed by atoms with Crippen LogP contribution in [-0.2, 0) is 26.0 Å². The molecule has 0 unspecified atom stereocenters. The van der Waals surface area contributed by atoms with E-state index in [2.05, 4.69) is 0 Å². The molecule has 0 amide bonds. The Morgan fingerprint density at radius 3 is 2.17 bits per heavy atom. The summed E-state index contributed by atoms with van der Waals surface area (Å²) >= 11 is 0. The highest BCUT2D eigenvalue weighted by Crippen LogP contribution is 2.25. The molecule has 0 heterocycles. The average molecular weight is 423 g/mol. The number of esters is 1. The van der Waals surface area contributed by atoms with Crippen LogP contribution in [0.25, 0.3) is 0 Å². The fourth-order valence-electron chi connectivity index (χ4n) is 2.44. The highest BCUT2D eigenvalue weighted by atomic mass is 32.2. The number of nitrogens with zero attached hydrogens (tertiary/aromatic N) is 1. The molecule has 0 aliphatic heterocycles. The standard InChI is InChI=1S/C20H25NO7S/c1-21(2)29(23,24)18-9-7-16(8-10-18)27-11-12-28-20(22)13-15-5-6-17(25-3)14-19(15)26-4/h5-10,14H,11-13H2,1-4H3. The molecular formula is C20H25NO7S. The van der Waals surface area contributed by atoms with Crippen molar-refractivity contribution < 1.29 is 32.2 Å². The predicted molar refractivity (Wildman–Crippen MR) is 107 cm³/mol. The second-order valence-corrected chi connectivity index (χ2v) is 8.33. The number of sulfonamides is 1. The van der Waals surface area contributed by atoms with Crippen molar-refractivity contribution in [3.05, 3.63) is 48.0 Å². The van der Waals surface area contributed by atoms with Gasteiger partial charge in [-0.05, 0) is 30.3 Å². The second kappa shape index (κ2) is 10.1. The largest absolute Gasteiger partial charge is 0.497 e. The molecule has 0 saturated carbocycles. The molecule has 0 bridgehead atoms. The first-order valence-electron chi connectivity index (χ1n) is 8.80. The summed E-state index contributed by atoms with van der Waals surface area (Å²) < 4.78 is 46.2. The van der Waals surface area contributed by atoms with Crippen molar-refractivity contribution in [2.24, 2.45) is 0 Å². The lowest BCUT2D eigenvalue weighted by molar-refractivity contribution is -0.143. The van der Waals surface area contributed by atoms with E-state index in [1.54, 1.807) is 37.4 Å². The van der Waals surface area contributed by atoms with Gasteiger partial charge in [0.25, 0.3) is 0 Å². The van der Waals surface area contributed by atoms with E-state index in [9.17, 15) is 13.2 Å². The fourth-order valence-corrected chi connectivity index (χ4v) is 3.34. The van der Waals surface area contributed by atoms with E-state index in [1.165, 1.54) is 33.3 Å². The van der Waals surface area contributed by atoms with Crippen LogP contribution in [0.15, 0.2) is 47.4 Å². The Kier molecular flexibility index (Phi) is 7.86. The first-order valence-corrected chi connectivity index (χ1v) is 10.2. The topological polar surface area (TPSA) is 91.4 Å². The third-order valence-corrected chi connectivity index (χ3v) is 5.88. The van der Waals surface area contributed by atoms with Gasteiger partial charge in [-0.1, -0.05) is 6.07 Å². The maximum Gasteiger partial charge on any atom is 0.310 e. The van der Waals surface area contributed by atoms with Gasteiger partial charge in [-0.15, -0.1) is 0 Å².